The lowest BCUT2D eigenvalue weighted by Crippen LogP contribution is -2.38. The van der Waals surface area contributed by atoms with E-state index in [4.69, 9.17) is 9.47 Å². The molecule has 0 atom stereocenters. The van der Waals surface area contributed by atoms with Gasteiger partial charge in [0.2, 0.25) is 5.91 Å². The molecule has 2 aliphatic heterocycles. The number of amides is 2. The van der Waals surface area contributed by atoms with Gasteiger partial charge in [-0.25, -0.2) is 0 Å². The van der Waals surface area contributed by atoms with Crippen LogP contribution in [0.15, 0.2) is 0 Å². The van der Waals surface area contributed by atoms with Crippen LogP contribution in [0.1, 0.15) is 6.42 Å². The Morgan fingerprint density at radius 2 is 1.91 bits per heavy atom. The van der Waals surface area contributed by atoms with Crippen molar-refractivity contribution in [2.45, 2.75) is 12.2 Å². The summed E-state index contributed by atoms with van der Waals surface area (Å²) in [4.78, 5) is 21.7. The Labute approximate surface area is 62.7 Å². The van der Waals surface area contributed by atoms with E-state index in [9.17, 15) is 9.59 Å². The first-order valence-electron chi connectivity index (χ1n) is 3.35. The predicted molar refractivity (Wildman–Crippen MR) is 32.4 cm³/mol. The van der Waals surface area contributed by atoms with E-state index in [1.165, 1.54) is 0 Å². The van der Waals surface area contributed by atoms with Crippen molar-refractivity contribution in [1.29, 1.82) is 0 Å². The summed E-state index contributed by atoms with van der Waals surface area (Å²) in [5, 5.41) is 2.12. The van der Waals surface area contributed by atoms with Gasteiger partial charge in [0.05, 0.1) is 19.6 Å². The van der Waals surface area contributed by atoms with Crippen molar-refractivity contribution in [3.05, 3.63) is 0 Å². The monoisotopic (exact) mass is 157 g/mol. The van der Waals surface area contributed by atoms with E-state index in [0.29, 0.717) is 13.2 Å². The summed E-state index contributed by atoms with van der Waals surface area (Å²) < 4.78 is 10.1. The van der Waals surface area contributed by atoms with Gasteiger partial charge in [-0.3, -0.25) is 14.9 Å². The van der Waals surface area contributed by atoms with Gasteiger partial charge in [0, 0.05) is 0 Å². The first kappa shape index (κ1) is 6.75. The van der Waals surface area contributed by atoms with Crippen molar-refractivity contribution in [2.75, 3.05) is 13.2 Å². The third kappa shape index (κ3) is 0.849. The number of ether oxygens (including phenoxy) is 2. The fourth-order valence-corrected chi connectivity index (χ4v) is 1.25. The number of carbonyl (C=O) groups is 2. The number of imide groups is 1. The van der Waals surface area contributed by atoms with E-state index >= 15 is 0 Å². The molecule has 2 saturated heterocycles. The lowest BCUT2D eigenvalue weighted by atomic mass is 10.2. The molecular weight excluding hydrogens is 150 g/mol. The highest BCUT2D eigenvalue weighted by molar-refractivity contribution is 6.06. The molecule has 60 valence electrons. The van der Waals surface area contributed by atoms with Crippen molar-refractivity contribution in [3.63, 3.8) is 0 Å². The van der Waals surface area contributed by atoms with E-state index in [1.54, 1.807) is 0 Å². The average Bonchev–Trinajstić information content (AvgIpc) is 2.45. The minimum Gasteiger partial charge on any atom is -0.339 e. The molecule has 0 radical (unpaired) electrons. The lowest BCUT2D eigenvalue weighted by Gasteiger charge is -2.15. The second-order valence-electron chi connectivity index (χ2n) is 2.50. The third-order valence-corrected chi connectivity index (χ3v) is 1.75. The first-order valence-corrected chi connectivity index (χ1v) is 3.35. The normalized spacial score (nSPS) is 28.0. The Hall–Kier alpha value is -0.940. The van der Waals surface area contributed by atoms with Gasteiger partial charge in [-0.2, -0.15) is 0 Å². The summed E-state index contributed by atoms with van der Waals surface area (Å²) in [7, 11) is 0. The molecule has 0 saturated carbocycles. The zero-order valence-corrected chi connectivity index (χ0v) is 5.75. The van der Waals surface area contributed by atoms with Crippen LogP contribution >= 0.6 is 0 Å². The Morgan fingerprint density at radius 3 is 2.36 bits per heavy atom. The van der Waals surface area contributed by atoms with Crippen LogP contribution in [-0.2, 0) is 19.1 Å². The average molecular weight is 157 g/mol. The van der Waals surface area contributed by atoms with Gasteiger partial charge < -0.3 is 9.47 Å². The van der Waals surface area contributed by atoms with Crippen LogP contribution in [0, 0.1) is 0 Å². The van der Waals surface area contributed by atoms with Crippen molar-refractivity contribution in [2.24, 2.45) is 0 Å². The highest BCUT2D eigenvalue weighted by Gasteiger charge is 2.51. The maximum absolute atomic E-state index is 11.0. The summed E-state index contributed by atoms with van der Waals surface area (Å²) in [6.45, 7) is 0.751. The van der Waals surface area contributed by atoms with Crippen LogP contribution in [0.3, 0.4) is 0 Å². The summed E-state index contributed by atoms with van der Waals surface area (Å²) in [6, 6.07) is 0. The molecule has 11 heavy (non-hydrogen) atoms. The second-order valence-corrected chi connectivity index (χ2v) is 2.50. The molecule has 0 aliphatic carbocycles. The van der Waals surface area contributed by atoms with Crippen LogP contribution in [-0.4, -0.2) is 30.8 Å². The summed E-state index contributed by atoms with van der Waals surface area (Å²) >= 11 is 0. The minimum absolute atomic E-state index is 0.00810. The summed E-state index contributed by atoms with van der Waals surface area (Å²) in [5.74, 6) is -2.09. The van der Waals surface area contributed by atoms with Gasteiger partial charge in [0.1, 0.15) is 0 Å². The molecule has 0 unspecified atom stereocenters. The standard InChI is InChI=1S/C6H7NO4/c8-4-3-6(5(9)7-4)10-1-2-11-6/h1-3H2,(H,7,8,9). The minimum atomic E-state index is -1.28. The molecule has 0 bridgehead atoms. The van der Waals surface area contributed by atoms with Gasteiger partial charge >= 0.3 is 0 Å². The Balaban J connectivity index is 2.24. The molecule has 1 spiro atoms. The third-order valence-electron chi connectivity index (χ3n) is 1.75. The molecule has 0 aromatic heterocycles. The highest BCUT2D eigenvalue weighted by atomic mass is 16.7. The lowest BCUT2D eigenvalue weighted by molar-refractivity contribution is -0.175. The van der Waals surface area contributed by atoms with Gasteiger partial charge in [0.25, 0.3) is 11.7 Å². The molecule has 5 heteroatoms. The number of hydrogen-bond donors (Lipinski definition) is 1. The largest absolute Gasteiger partial charge is 0.339 e. The van der Waals surface area contributed by atoms with Gasteiger partial charge in [-0.05, 0) is 0 Å². The molecule has 0 aromatic rings. The number of nitrogens with one attached hydrogen (secondary N) is 1. The Bertz CT molecular complexity index is 219. The predicted octanol–water partition coefficient (Wildman–Crippen LogP) is -1.22. The quantitative estimate of drug-likeness (QED) is 0.447. The molecule has 0 aromatic carbocycles. The molecule has 5 nitrogen and oxygen atoms in total. The summed E-state index contributed by atoms with van der Waals surface area (Å²) in [5.41, 5.74) is 0. The van der Waals surface area contributed by atoms with Crippen LogP contribution in [0.25, 0.3) is 0 Å². The fraction of sp³-hybridized carbons (Fsp3) is 0.667. The van der Waals surface area contributed by atoms with Crippen molar-refractivity contribution < 1.29 is 19.1 Å². The van der Waals surface area contributed by atoms with Crippen molar-refractivity contribution >= 4 is 11.8 Å². The van der Waals surface area contributed by atoms with Crippen molar-refractivity contribution in [1.82, 2.24) is 5.32 Å². The van der Waals surface area contributed by atoms with Crippen LogP contribution < -0.4 is 5.32 Å². The van der Waals surface area contributed by atoms with Crippen LogP contribution in [0.2, 0.25) is 0 Å². The van der Waals surface area contributed by atoms with E-state index in [1.807, 2.05) is 0 Å². The number of carbonyl (C=O) groups excluding carboxylic acids is 2. The smallest absolute Gasteiger partial charge is 0.287 e. The molecule has 1 N–H and O–H groups in total. The molecular formula is C6H7NO4. The van der Waals surface area contributed by atoms with E-state index in [0.717, 1.165) is 0 Å². The molecule has 2 fully saturated rings. The fourth-order valence-electron chi connectivity index (χ4n) is 1.25. The molecule has 2 heterocycles. The second kappa shape index (κ2) is 2.02. The van der Waals surface area contributed by atoms with Crippen molar-refractivity contribution in [3.8, 4) is 0 Å². The van der Waals surface area contributed by atoms with Crippen LogP contribution in [0.4, 0.5) is 0 Å². The first-order chi connectivity index (χ1) is 5.23. The Morgan fingerprint density at radius 1 is 1.27 bits per heavy atom. The highest BCUT2D eigenvalue weighted by Crippen LogP contribution is 2.27. The SMILES string of the molecule is O=C1CC2(OCCO2)C(=O)N1. The molecule has 2 amide bonds. The maximum Gasteiger partial charge on any atom is 0.287 e. The zero-order chi connectivity index (χ0) is 7.90. The molecule has 2 rings (SSSR count). The molecule has 2 aliphatic rings. The van der Waals surface area contributed by atoms with Gasteiger partial charge in [-0.15, -0.1) is 0 Å². The van der Waals surface area contributed by atoms with Gasteiger partial charge in [-0.1, -0.05) is 0 Å². The van der Waals surface area contributed by atoms with Gasteiger partial charge in [0.15, 0.2) is 0 Å². The van der Waals surface area contributed by atoms with E-state index in [-0.39, 0.29) is 12.3 Å². The van der Waals surface area contributed by atoms with E-state index < -0.39 is 11.7 Å². The number of hydrogen-bond acceptors (Lipinski definition) is 4. The van der Waals surface area contributed by atoms with E-state index in [2.05, 4.69) is 5.32 Å². The zero-order valence-electron chi connectivity index (χ0n) is 5.75. The van der Waals surface area contributed by atoms with Crippen LogP contribution in [0.5, 0.6) is 0 Å². The topological polar surface area (TPSA) is 64.6 Å². The summed E-state index contributed by atoms with van der Waals surface area (Å²) in [6.07, 6.45) is -0.00810. The number of rotatable bonds is 0. The Kier molecular flexibility index (Phi) is 1.24. The maximum atomic E-state index is 11.0.